The van der Waals surface area contributed by atoms with Crippen molar-refractivity contribution in [1.82, 2.24) is 4.98 Å². The van der Waals surface area contributed by atoms with Crippen LogP contribution in [0.15, 0.2) is 18.3 Å². The Labute approximate surface area is 102 Å². The number of hydrogen-bond acceptors (Lipinski definition) is 4. The minimum absolute atomic E-state index is 0.153. The Hall–Kier alpha value is -1.29. The minimum atomic E-state index is -0.153. The molecule has 0 bridgehead atoms. The number of aliphatic hydroxyl groups excluding tert-OH is 1. The van der Waals surface area contributed by atoms with Crippen LogP contribution in [-0.2, 0) is 0 Å². The van der Waals surface area contributed by atoms with Crippen LogP contribution in [-0.4, -0.2) is 29.3 Å². The largest absolute Gasteiger partial charge is 0.397 e. The van der Waals surface area contributed by atoms with E-state index >= 15 is 0 Å². The van der Waals surface area contributed by atoms with Crippen molar-refractivity contribution < 1.29 is 5.11 Å². The highest BCUT2D eigenvalue weighted by atomic mass is 16.3. The number of pyridine rings is 1. The molecule has 0 radical (unpaired) electrons. The molecule has 1 aromatic heterocycles. The first kappa shape index (κ1) is 12.2. The first-order chi connectivity index (χ1) is 8.20. The van der Waals surface area contributed by atoms with Crippen molar-refractivity contribution in [3.05, 3.63) is 18.3 Å². The summed E-state index contributed by atoms with van der Waals surface area (Å²) in [6, 6.07) is 3.83. The molecule has 0 amide bonds. The van der Waals surface area contributed by atoms with Gasteiger partial charge in [-0.3, -0.25) is 0 Å². The molecule has 94 valence electrons. The molecular weight excluding hydrogens is 214 g/mol. The second-order valence-electron chi connectivity index (χ2n) is 4.80. The summed E-state index contributed by atoms with van der Waals surface area (Å²) in [5.41, 5.74) is 6.32. The Morgan fingerprint density at radius 1 is 1.53 bits per heavy atom. The average Bonchev–Trinajstić information content (AvgIpc) is 2.33. The van der Waals surface area contributed by atoms with Crippen LogP contribution >= 0.6 is 0 Å². The van der Waals surface area contributed by atoms with Gasteiger partial charge in [0.2, 0.25) is 0 Å². The van der Waals surface area contributed by atoms with Crippen molar-refractivity contribution in [1.29, 1.82) is 0 Å². The molecule has 4 heteroatoms. The smallest absolute Gasteiger partial charge is 0.128 e. The van der Waals surface area contributed by atoms with Crippen molar-refractivity contribution in [2.75, 3.05) is 23.7 Å². The van der Waals surface area contributed by atoms with Gasteiger partial charge in [-0.1, -0.05) is 13.3 Å². The number of nitrogens with two attached hydrogens (primary N) is 1. The SMILES string of the molecule is CCC[C@@H]1CN(c2ccc(N)cn2)CC[C@@H]1O. The number of aliphatic hydroxyl groups is 1. The fourth-order valence-corrected chi connectivity index (χ4v) is 2.47. The molecule has 2 atom stereocenters. The molecule has 0 aromatic carbocycles. The first-order valence-electron chi connectivity index (χ1n) is 6.35. The molecule has 0 unspecified atom stereocenters. The number of anilines is 2. The zero-order valence-electron chi connectivity index (χ0n) is 10.3. The third-order valence-electron chi connectivity index (χ3n) is 3.45. The maximum absolute atomic E-state index is 9.94. The Kier molecular flexibility index (Phi) is 3.84. The lowest BCUT2D eigenvalue weighted by Gasteiger charge is -2.36. The van der Waals surface area contributed by atoms with Crippen molar-refractivity contribution in [2.45, 2.75) is 32.3 Å². The Morgan fingerprint density at radius 2 is 2.35 bits per heavy atom. The van der Waals surface area contributed by atoms with Gasteiger partial charge < -0.3 is 15.7 Å². The monoisotopic (exact) mass is 235 g/mol. The van der Waals surface area contributed by atoms with Crippen LogP contribution in [0.1, 0.15) is 26.2 Å². The summed E-state index contributed by atoms with van der Waals surface area (Å²) in [6.45, 7) is 3.93. The van der Waals surface area contributed by atoms with Gasteiger partial charge in [-0.15, -0.1) is 0 Å². The number of piperidine rings is 1. The summed E-state index contributed by atoms with van der Waals surface area (Å²) < 4.78 is 0. The van der Waals surface area contributed by atoms with Gasteiger partial charge in [0.1, 0.15) is 5.82 Å². The minimum Gasteiger partial charge on any atom is -0.397 e. The molecule has 3 N–H and O–H groups in total. The van der Waals surface area contributed by atoms with Crippen LogP contribution in [0.4, 0.5) is 11.5 Å². The summed E-state index contributed by atoms with van der Waals surface area (Å²) in [5, 5.41) is 9.94. The maximum atomic E-state index is 9.94. The molecule has 0 saturated carbocycles. The molecule has 0 aliphatic carbocycles. The third-order valence-corrected chi connectivity index (χ3v) is 3.45. The van der Waals surface area contributed by atoms with Gasteiger partial charge in [-0.05, 0) is 25.0 Å². The van der Waals surface area contributed by atoms with E-state index in [1.54, 1.807) is 6.20 Å². The van der Waals surface area contributed by atoms with E-state index < -0.39 is 0 Å². The molecule has 2 heterocycles. The van der Waals surface area contributed by atoms with Crippen LogP contribution in [0.5, 0.6) is 0 Å². The normalized spacial score (nSPS) is 24.9. The van der Waals surface area contributed by atoms with Gasteiger partial charge >= 0.3 is 0 Å². The highest BCUT2D eigenvalue weighted by molar-refractivity contribution is 5.46. The van der Waals surface area contributed by atoms with Gasteiger partial charge in [0.05, 0.1) is 18.0 Å². The fourth-order valence-electron chi connectivity index (χ4n) is 2.47. The zero-order valence-corrected chi connectivity index (χ0v) is 10.3. The van der Waals surface area contributed by atoms with Crippen molar-refractivity contribution in [2.24, 2.45) is 5.92 Å². The lowest BCUT2D eigenvalue weighted by molar-refractivity contribution is 0.0828. The summed E-state index contributed by atoms with van der Waals surface area (Å²) >= 11 is 0. The summed E-state index contributed by atoms with van der Waals surface area (Å²) in [5.74, 6) is 1.33. The third kappa shape index (κ3) is 2.88. The van der Waals surface area contributed by atoms with Crippen LogP contribution < -0.4 is 10.6 Å². The molecular formula is C13H21N3O. The Bertz CT molecular complexity index is 352. The fraction of sp³-hybridized carbons (Fsp3) is 0.615. The van der Waals surface area contributed by atoms with E-state index in [9.17, 15) is 5.11 Å². The predicted octanol–water partition coefficient (Wildman–Crippen LogP) is 1.65. The van der Waals surface area contributed by atoms with E-state index in [1.807, 2.05) is 12.1 Å². The molecule has 0 spiro atoms. The van der Waals surface area contributed by atoms with E-state index in [1.165, 1.54) is 0 Å². The molecule has 1 aromatic rings. The first-order valence-corrected chi connectivity index (χ1v) is 6.35. The molecule has 2 rings (SSSR count). The summed E-state index contributed by atoms with van der Waals surface area (Å²) in [6.07, 6.45) is 4.56. The van der Waals surface area contributed by atoms with E-state index in [2.05, 4.69) is 16.8 Å². The zero-order chi connectivity index (χ0) is 12.3. The highest BCUT2D eigenvalue weighted by Crippen LogP contribution is 2.25. The van der Waals surface area contributed by atoms with Crippen molar-refractivity contribution >= 4 is 11.5 Å². The molecule has 17 heavy (non-hydrogen) atoms. The molecule has 1 fully saturated rings. The second-order valence-corrected chi connectivity index (χ2v) is 4.80. The van der Waals surface area contributed by atoms with E-state index in [4.69, 9.17) is 5.73 Å². The van der Waals surface area contributed by atoms with E-state index in [0.717, 1.165) is 38.2 Å². The molecule has 1 saturated heterocycles. The van der Waals surface area contributed by atoms with Gasteiger partial charge in [0.15, 0.2) is 0 Å². The van der Waals surface area contributed by atoms with E-state index in [-0.39, 0.29) is 6.10 Å². The Balaban J connectivity index is 2.04. The van der Waals surface area contributed by atoms with E-state index in [0.29, 0.717) is 11.6 Å². The molecule has 4 nitrogen and oxygen atoms in total. The lowest BCUT2D eigenvalue weighted by Crippen LogP contribution is -2.43. The van der Waals surface area contributed by atoms with Gasteiger partial charge in [0.25, 0.3) is 0 Å². The number of rotatable bonds is 3. The highest BCUT2D eigenvalue weighted by Gasteiger charge is 2.27. The van der Waals surface area contributed by atoms with Crippen LogP contribution in [0.25, 0.3) is 0 Å². The van der Waals surface area contributed by atoms with Gasteiger partial charge in [0, 0.05) is 19.0 Å². The van der Waals surface area contributed by atoms with Crippen molar-refractivity contribution in [3.8, 4) is 0 Å². The molecule has 1 aliphatic rings. The number of nitrogen functional groups attached to an aromatic ring is 1. The predicted molar refractivity (Wildman–Crippen MR) is 69.9 cm³/mol. The van der Waals surface area contributed by atoms with Crippen molar-refractivity contribution in [3.63, 3.8) is 0 Å². The maximum Gasteiger partial charge on any atom is 0.128 e. The topological polar surface area (TPSA) is 62.4 Å². The lowest BCUT2D eigenvalue weighted by atomic mass is 9.91. The van der Waals surface area contributed by atoms with Gasteiger partial charge in [-0.2, -0.15) is 0 Å². The van der Waals surface area contributed by atoms with Crippen LogP contribution in [0.3, 0.4) is 0 Å². The number of aromatic nitrogens is 1. The number of hydrogen-bond donors (Lipinski definition) is 2. The summed E-state index contributed by atoms with van der Waals surface area (Å²) in [4.78, 5) is 6.58. The number of nitrogens with zero attached hydrogens (tertiary/aromatic N) is 2. The van der Waals surface area contributed by atoms with Crippen LogP contribution in [0, 0.1) is 5.92 Å². The standard InChI is InChI=1S/C13H21N3O/c1-2-3-10-9-16(7-6-12(10)17)13-5-4-11(14)8-15-13/h4-5,8,10,12,17H,2-3,6-7,9,14H2,1H3/t10-,12+/m1/s1. The van der Waals surface area contributed by atoms with Crippen LogP contribution in [0.2, 0.25) is 0 Å². The Morgan fingerprint density at radius 3 is 3.00 bits per heavy atom. The average molecular weight is 235 g/mol. The summed E-state index contributed by atoms with van der Waals surface area (Å²) in [7, 11) is 0. The van der Waals surface area contributed by atoms with Gasteiger partial charge in [-0.25, -0.2) is 4.98 Å². The second kappa shape index (κ2) is 5.36. The quantitative estimate of drug-likeness (QED) is 0.836. The molecule has 1 aliphatic heterocycles.